The van der Waals surface area contributed by atoms with Crippen molar-refractivity contribution in [1.82, 2.24) is 10.1 Å². The minimum Gasteiger partial charge on any atom is -0.497 e. The number of methoxy groups -OCH3 is 1. The second kappa shape index (κ2) is 6.65. The van der Waals surface area contributed by atoms with E-state index in [9.17, 15) is 4.79 Å². The third kappa shape index (κ3) is 2.95. The van der Waals surface area contributed by atoms with Gasteiger partial charge < -0.3 is 19.1 Å². The average molecular weight is 389 g/mol. The number of carbonyl (C=O) groups is 1. The van der Waals surface area contributed by atoms with Gasteiger partial charge >= 0.3 is 0 Å². The van der Waals surface area contributed by atoms with E-state index in [0.29, 0.717) is 17.0 Å². The van der Waals surface area contributed by atoms with Crippen molar-refractivity contribution in [2.75, 3.05) is 38.2 Å². The van der Waals surface area contributed by atoms with E-state index in [1.165, 1.54) is 5.69 Å². The van der Waals surface area contributed by atoms with Crippen LogP contribution >= 0.6 is 0 Å². The number of hydrogen-bond acceptors (Lipinski definition) is 5. The Morgan fingerprint density at radius 1 is 1.03 bits per heavy atom. The predicted octanol–water partition coefficient (Wildman–Crippen LogP) is 3.62. The summed E-state index contributed by atoms with van der Waals surface area (Å²) in [5.74, 6) is 1.45. The number of aromatic nitrogens is 1. The summed E-state index contributed by atoms with van der Waals surface area (Å²) in [5, 5.41) is 4.14. The molecule has 3 heterocycles. The van der Waals surface area contributed by atoms with Crippen LogP contribution in [0.15, 0.2) is 59.1 Å². The molecule has 0 radical (unpaired) electrons. The van der Waals surface area contributed by atoms with Gasteiger partial charge in [0.1, 0.15) is 22.8 Å². The number of benzene rings is 2. The Labute approximate surface area is 169 Å². The first-order valence-corrected chi connectivity index (χ1v) is 9.79. The monoisotopic (exact) mass is 389 g/mol. The van der Waals surface area contributed by atoms with E-state index in [2.05, 4.69) is 22.2 Å². The Morgan fingerprint density at radius 3 is 2.38 bits per heavy atom. The van der Waals surface area contributed by atoms with Gasteiger partial charge in [-0.25, -0.2) is 0 Å². The highest BCUT2D eigenvalue weighted by atomic mass is 16.5. The molecule has 2 saturated heterocycles. The van der Waals surface area contributed by atoms with Gasteiger partial charge in [-0.1, -0.05) is 35.5 Å². The van der Waals surface area contributed by atoms with Crippen LogP contribution in [-0.4, -0.2) is 49.3 Å². The number of aryl methyl sites for hydroxylation is 1. The fraction of sp³-hybridized carbons (Fsp3) is 0.304. The number of carbonyl (C=O) groups excluding carboxylic acids is 1. The molecule has 2 aromatic carbocycles. The van der Waals surface area contributed by atoms with Gasteiger partial charge in [-0.3, -0.25) is 4.79 Å². The van der Waals surface area contributed by atoms with Gasteiger partial charge in [0.05, 0.1) is 7.11 Å². The Morgan fingerprint density at radius 2 is 1.72 bits per heavy atom. The third-order valence-corrected chi connectivity index (χ3v) is 5.95. The Hall–Kier alpha value is -3.28. The molecular formula is C23H23N3O3. The summed E-state index contributed by atoms with van der Waals surface area (Å²) in [6.45, 7) is 5.29. The zero-order valence-corrected chi connectivity index (χ0v) is 16.6. The molecule has 1 aromatic heterocycles. The fourth-order valence-corrected chi connectivity index (χ4v) is 4.42. The van der Waals surface area contributed by atoms with E-state index in [4.69, 9.17) is 9.26 Å². The van der Waals surface area contributed by atoms with Gasteiger partial charge in [-0.2, -0.15) is 0 Å². The Balaban J connectivity index is 1.25. The molecule has 6 heteroatoms. The summed E-state index contributed by atoms with van der Waals surface area (Å²) in [4.78, 5) is 17.4. The number of amides is 1. The van der Waals surface area contributed by atoms with Crippen LogP contribution in [0.25, 0.3) is 11.3 Å². The largest absolute Gasteiger partial charge is 0.497 e. The number of likely N-dealkylation sites (tertiary alicyclic amines) is 1. The highest BCUT2D eigenvalue weighted by molar-refractivity contribution is 6.01. The molecule has 0 N–H and O–H groups in total. The van der Waals surface area contributed by atoms with E-state index in [0.717, 1.165) is 37.5 Å². The molecule has 2 aliphatic rings. The van der Waals surface area contributed by atoms with Crippen LogP contribution in [0.1, 0.15) is 16.1 Å². The summed E-state index contributed by atoms with van der Waals surface area (Å²) >= 11 is 0. The maximum Gasteiger partial charge on any atom is 0.259 e. The smallest absolute Gasteiger partial charge is 0.259 e. The van der Waals surface area contributed by atoms with Crippen molar-refractivity contribution in [3.63, 3.8) is 0 Å². The summed E-state index contributed by atoms with van der Waals surface area (Å²) in [7, 11) is 1.67. The Kier molecular flexibility index (Phi) is 4.08. The molecule has 0 bridgehead atoms. The van der Waals surface area contributed by atoms with Crippen molar-refractivity contribution < 1.29 is 14.1 Å². The van der Waals surface area contributed by atoms with Crippen molar-refractivity contribution in [3.8, 4) is 17.0 Å². The normalized spacial score (nSPS) is 17.0. The van der Waals surface area contributed by atoms with Crippen LogP contribution in [0.2, 0.25) is 0 Å². The van der Waals surface area contributed by atoms with Crippen LogP contribution in [0.3, 0.4) is 0 Å². The maximum atomic E-state index is 13.2. The molecule has 29 heavy (non-hydrogen) atoms. The van der Waals surface area contributed by atoms with Crippen LogP contribution in [0.5, 0.6) is 5.75 Å². The standard InChI is InChI=1S/C23H23N3O3/c1-16-20(21(24-29-16)17-6-4-3-5-7-17)22(27)26-14-23(15-26)12-25(13-23)18-8-10-19(28-2)11-9-18/h3-11H,12-15H2,1-2H3. The van der Waals surface area contributed by atoms with Gasteiger partial charge in [-0.05, 0) is 31.2 Å². The highest BCUT2D eigenvalue weighted by Crippen LogP contribution is 2.43. The second-order valence-electron chi connectivity index (χ2n) is 8.04. The van der Waals surface area contributed by atoms with Gasteiger partial charge in [0.2, 0.25) is 0 Å². The molecule has 5 rings (SSSR count). The van der Waals surface area contributed by atoms with Crippen molar-refractivity contribution in [2.24, 2.45) is 5.41 Å². The summed E-state index contributed by atoms with van der Waals surface area (Å²) in [6.07, 6.45) is 0. The van der Waals surface area contributed by atoms with Crippen molar-refractivity contribution in [2.45, 2.75) is 6.92 Å². The quantitative estimate of drug-likeness (QED) is 0.682. The van der Waals surface area contributed by atoms with Crippen LogP contribution in [-0.2, 0) is 0 Å². The molecule has 3 aromatic rings. The van der Waals surface area contributed by atoms with E-state index in [1.807, 2.05) is 47.4 Å². The van der Waals surface area contributed by atoms with Crippen LogP contribution < -0.4 is 9.64 Å². The molecule has 2 fully saturated rings. The Bertz CT molecular complexity index is 1030. The summed E-state index contributed by atoms with van der Waals surface area (Å²) in [5.41, 5.74) is 3.51. The lowest BCUT2D eigenvalue weighted by Crippen LogP contribution is -2.73. The van der Waals surface area contributed by atoms with Crippen molar-refractivity contribution >= 4 is 11.6 Å². The predicted molar refractivity (Wildman–Crippen MR) is 110 cm³/mol. The first kappa shape index (κ1) is 17.8. The number of anilines is 1. The lowest BCUT2D eigenvalue weighted by molar-refractivity contribution is -0.0105. The minimum absolute atomic E-state index is 0.0103. The van der Waals surface area contributed by atoms with Gasteiger partial charge in [0.15, 0.2) is 0 Å². The number of nitrogens with zero attached hydrogens (tertiary/aromatic N) is 3. The van der Waals surface area contributed by atoms with E-state index in [-0.39, 0.29) is 11.3 Å². The van der Waals surface area contributed by atoms with E-state index < -0.39 is 0 Å². The SMILES string of the molecule is COc1ccc(N2CC3(CN(C(=O)c4c(-c5ccccc5)noc4C)C3)C2)cc1. The van der Waals surface area contributed by atoms with Crippen LogP contribution in [0, 0.1) is 12.3 Å². The minimum atomic E-state index is 0.0103. The molecule has 0 unspecified atom stereocenters. The molecule has 6 nitrogen and oxygen atoms in total. The first-order chi connectivity index (χ1) is 14.1. The molecule has 148 valence electrons. The van der Waals surface area contributed by atoms with E-state index >= 15 is 0 Å². The molecule has 0 atom stereocenters. The van der Waals surface area contributed by atoms with Crippen LogP contribution in [0.4, 0.5) is 5.69 Å². The topological polar surface area (TPSA) is 58.8 Å². The molecule has 2 aliphatic heterocycles. The second-order valence-corrected chi connectivity index (χ2v) is 8.04. The zero-order valence-electron chi connectivity index (χ0n) is 16.6. The number of rotatable bonds is 4. The third-order valence-electron chi connectivity index (χ3n) is 5.95. The molecule has 0 saturated carbocycles. The van der Waals surface area contributed by atoms with Gasteiger partial charge in [0.25, 0.3) is 5.91 Å². The molecule has 0 aliphatic carbocycles. The van der Waals surface area contributed by atoms with Crippen molar-refractivity contribution in [3.05, 3.63) is 65.9 Å². The number of ether oxygens (including phenoxy) is 1. The maximum absolute atomic E-state index is 13.2. The van der Waals surface area contributed by atoms with E-state index in [1.54, 1.807) is 14.0 Å². The first-order valence-electron chi connectivity index (χ1n) is 9.79. The molecular weight excluding hydrogens is 366 g/mol. The van der Waals surface area contributed by atoms with Gasteiger partial charge in [-0.15, -0.1) is 0 Å². The molecule has 1 amide bonds. The fourth-order valence-electron chi connectivity index (χ4n) is 4.42. The zero-order chi connectivity index (χ0) is 20.0. The lowest BCUT2D eigenvalue weighted by atomic mass is 9.72. The average Bonchev–Trinajstić information content (AvgIpc) is 3.08. The lowest BCUT2D eigenvalue weighted by Gasteiger charge is -2.60. The molecule has 1 spiro atoms. The van der Waals surface area contributed by atoms with Crippen molar-refractivity contribution in [1.29, 1.82) is 0 Å². The number of hydrogen-bond donors (Lipinski definition) is 0. The summed E-state index contributed by atoms with van der Waals surface area (Å²) < 4.78 is 10.6. The van der Waals surface area contributed by atoms with Gasteiger partial charge in [0, 0.05) is 42.8 Å². The summed E-state index contributed by atoms with van der Waals surface area (Å²) in [6, 6.07) is 17.9. The highest BCUT2D eigenvalue weighted by Gasteiger charge is 2.53.